The maximum atomic E-state index is 5.29. The number of rotatable bonds is 4. The minimum Gasteiger partial charge on any atom is -0.464 e. The van der Waals surface area contributed by atoms with Crippen LogP contribution in [0.1, 0.15) is 31.7 Å². The Labute approximate surface area is 90.4 Å². The Morgan fingerprint density at radius 1 is 1.27 bits per heavy atom. The molecule has 2 aromatic rings. The SMILES string of the molecule is CCCCC=Cc1ccc2occc2c1. The summed E-state index contributed by atoms with van der Waals surface area (Å²) in [6, 6.07) is 8.27. The van der Waals surface area contributed by atoms with Gasteiger partial charge in [-0.1, -0.05) is 38.0 Å². The highest BCUT2D eigenvalue weighted by Gasteiger charge is 1.95. The van der Waals surface area contributed by atoms with Gasteiger partial charge in [-0.3, -0.25) is 0 Å². The number of fused-ring (bicyclic) bond motifs is 1. The summed E-state index contributed by atoms with van der Waals surface area (Å²) in [4.78, 5) is 0. The van der Waals surface area contributed by atoms with Gasteiger partial charge in [-0.05, 0) is 30.2 Å². The summed E-state index contributed by atoms with van der Waals surface area (Å²) < 4.78 is 5.29. The molecule has 0 aliphatic carbocycles. The molecular weight excluding hydrogens is 184 g/mol. The third kappa shape index (κ3) is 2.50. The van der Waals surface area contributed by atoms with E-state index in [1.54, 1.807) is 6.26 Å². The first-order valence-corrected chi connectivity index (χ1v) is 5.54. The van der Waals surface area contributed by atoms with Gasteiger partial charge in [0.05, 0.1) is 6.26 Å². The van der Waals surface area contributed by atoms with Crippen molar-refractivity contribution in [1.82, 2.24) is 0 Å². The lowest BCUT2D eigenvalue weighted by molar-refractivity contribution is 0.616. The zero-order chi connectivity index (χ0) is 10.5. The number of allylic oxidation sites excluding steroid dienone is 1. The summed E-state index contributed by atoms with van der Waals surface area (Å²) in [7, 11) is 0. The highest BCUT2D eigenvalue weighted by atomic mass is 16.3. The molecule has 0 unspecified atom stereocenters. The van der Waals surface area contributed by atoms with Crippen LogP contribution >= 0.6 is 0 Å². The van der Waals surface area contributed by atoms with Crippen molar-refractivity contribution in [3.63, 3.8) is 0 Å². The van der Waals surface area contributed by atoms with Gasteiger partial charge >= 0.3 is 0 Å². The third-order valence-electron chi connectivity index (χ3n) is 2.51. The predicted molar refractivity (Wildman–Crippen MR) is 64.8 cm³/mol. The van der Waals surface area contributed by atoms with Crippen LogP contribution < -0.4 is 0 Å². The fourth-order valence-electron chi connectivity index (χ4n) is 1.63. The molecule has 1 heterocycles. The molecule has 0 bridgehead atoms. The monoisotopic (exact) mass is 200 g/mol. The molecule has 2 rings (SSSR count). The molecule has 0 spiro atoms. The number of unbranched alkanes of at least 4 members (excludes halogenated alkanes) is 2. The Kier molecular flexibility index (Phi) is 3.23. The molecule has 0 saturated carbocycles. The number of benzene rings is 1. The Hall–Kier alpha value is -1.50. The lowest BCUT2D eigenvalue weighted by Gasteiger charge is -1.93. The molecule has 0 fully saturated rings. The molecule has 0 aliphatic heterocycles. The van der Waals surface area contributed by atoms with Crippen molar-refractivity contribution in [3.8, 4) is 0 Å². The molecule has 78 valence electrons. The minimum absolute atomic E-state index is 0.959. The van der Waals surface area contributed by atoms with E-state index in [2.05, 4.69) is 31.2 Å². The molecule has 1 aromatic heterocycles. The van der Waals surface area contributed by atoms with Crippen molar-refractivity contribution < 1.29 is 4.42 Å². The molecule has 1 heteroatoms. The summed E-state index contributed by atoms with van der Waals surface area (Å²) in [6.45, 7) is 2.21. The van der Waals surface area contributed by atoms with E-state index in [-0.39, 0.29) is 0 Å². The first-order chi connectivity index (χ1) is 7.40. The molecule has 15 heavy (non-hydrogen) atoms. The Morgan fingerprint density at radius 3 is 3.07 bits per heavy atom. The van der Waals surface area contributed by atoms with Crippen LogP contribution in [0.2, 0.25) is 0 Å². The fourth-order valence-corrected chi connectivity index (χ4v) is 1.63. The topological polar surface area (TPSA) is 13.1 Å². The van der Waals surface area contributed by atoms with E-state index >= 15 is 0 Å². The zero-order valence-corrected chi connectivity index (χ0v) is 9.07. The van der Waals surface area contributed by atoms with E-state index in [4.69, 9.17) is 4.42 Å². The molecule has 0 atom stereocenters. The average Bonchev–Trinajstić information content (AvgIpc) is 2.71. The Morgan fingerprint density at radius 2 is 2.20 bits per heavy atom. The van der Waals surface area contributed by atoms with Crippen LogP contribution in [0, 0.1) is 0 Å². The van der Waals surface area contributed by atoms with Gasteiger partial charge in [0.1, 0.15) is 5.58 Å². The molecule has 0 N–H and O–H groups in total. The normalized spacial score (nSPS) is 11.5. The maximum Gasteiger partial charge on any atom is 0.133 e. The van der Waals surface area contributed by atoms with Crippen LogP contribution in [-0.4, -0.2) is 0 Å². The largest absolute Gasteiger partial charge is 0.464 e. The first kappa shape index (κ1) is 10.0. The molecule has 0 radical (unpaired) electrons. The second-order valence-electron chi connectivity index (χ2n) is 3.76. The van der Waals surface area contributed by atoms with E-state index in [1.165, 1.54) is 30.2 Å². The van der Waals surface area contributed by atoms with Gasteiger partial charge in [-0.25, -0.2) is 0 Å². The highest BCUT2D eigenvalue weighted by Crippen LogP contribution is 2.17. The molecule has 1 nitrogen and oxygen atoms in total. The lowest BCUT2D eigenvalue weighted by Crippen LogP contribution is -1.72. The van der Waals surface area contributed by atoms with Gasteiger partial charge in [0, 0.05) is 5.39 Å². The summed E-state index contributed by atoms with van der Waals surface area (Å²) in [5.74, 6) is 0. The maximum absolute atomic E-state index is 5.29. The smallest absolute Gasteiger partial charge is 0.133 e. The summed E-state index contributed by atoms with van der Waals surface area (Å²) in [6.07, 6.45) is 9.84. The second kappa shape index (κ2) is 4.83. The fraction of sp³-hybridized carbons (Fsp3) is 0.286. The van der Waals surface area contributed by atoms with Crippen molar-refractivity contribution in [3.05, 3.63) is 42.2 Å². The molecule has 0 saturated heterocycles. The van der Waals surface area contributed by atoms with Gasteiger partial charge in [-0.2, -0.15) is 0 Å². The number of hydrogen-bond acceptors (Lipinski definition) is 1. The van der Waals surface area contributed by atoms with Gasteiger partial charge in [0.15, 0.2) is 0 Å². The second-order valence-corrected chi connectivity index (χ2v) is 3.76. The zero-order valence-electron chi connectivity index (χ0n) is 9.07. The van der Waals surface area contributed by atoms with E-state index in [1.807, 2.05) is 12.1 Å². The lowest BCUT2D eigenvalue weighted by atomic mass is 10.1. The van der Waals surface area contributed by atoms with Crippen LogP contribution in [0.3, 0.4) is 0 Å². The van der Waals surface area contributed by atoms with Gasteiger partial charge in [0.25, 0.3) is 0 Å². The van der Waals surface area contributed by atoms with Crippen molar-refractivity contribution in [2.45, 2.75) is 26.2 Å². The quantitative estimate of drug-likeness (QED) is 0.655. The minimum atomic E-state index is 0.959. The number of furan rings is 1. The van der Waals surface area contributed by atoms with E-state index < -0.39 is 0 Å². The van der Waals surface area contributed by atoms with Crippen molar-refractivity contribution >= 4 is 17.0 Å². The Bertz CT molecular complexity index is 451. The van der Waals surface area contributed by atoms with Crippen molar-refractivity contribution in [1.29, 1.82) is 0 Å². The number of hydrogen-bond donors (Lipinski definition) is 0. The van der Waals surface area contributed by atoms with Crippen molar-refractivity contribution in [2.24, 2.45) is 0 Å². The molecule has 0 aliphatic rings. The average molecular weight is 200 g/mol. The van der Waals surface area contributed by atoms with Crippen LogP contribution in [-0.2, 0) is 0 Å². The summed E-state index contributed by atoms with van der Waals surface area (Å²) in [5.41, 5.74) is 2.21. The predicted octanol–water partition coefficient (Wildman–Crippen LogP) is 4.64. The standard InChI is InChI=1S/C14H16O/c1-2-3-4-5-6-12-7-8-14-13(11-12)9-10-15-14/h5-11H,2-4H2,1H3. The molecular formula is C14H16O. The van der Waals surface area contributed by atoms with Gasteiger partial charge in [0.2, 0.25) is 0 Å². The molecule has 0 amide bonds. The van der Waals surface area contributed by atoms with Crippen LogP contribution in [0.4, 0.5) is 0 Å². The van der Waals surface area contributed by atoms with Gasteiger partial charge < -0.3 is 4.42 Å². The Balaban J connectivity index is 2.10. The van der Waals surface area contributed by atoms with Crippen molar-refractivity contribution in [2.75, 3.05) is 0 Å². The van der Waals surface area contributed by atoms with E-state index in [0.29, 0.717) is 0 Å². The van der Waals surface area contributed by atoms with Crippen LogP contribution in [0.5, 0.6) is 0 Å². The summed E-state index contributed by atoms with van der Waals surface area (Å²) >= 11 is 0. The van der Waals surface area contributed by atoms with Crippen LogP contribution in [0.15, 0.2) is 41.0 Å². The van der Waals surface area contributed by atoms with Gasteiger partial charge in [-0.15, -0.1) is 0 Å². The first-order valence-electron chi connectivity index (χ1n) is 5.54. The summed E-state index contributed by atoms with van der Waals surface area (Å²) in [5, 5.41) is 1.17. The highest BCUT2D eigenvalue weighted by molar-refractivity contribution is 5.79. The molecule has 1 aromatic carbocycles. The third-order valence-corrected chi connectivity index (χ3v) is 2.51. The van der Waals surface area contributed by atoms with E-state index in [0.717, 1.165) is 5.58 Å². The van der Waals surface area contributed by atoms with E-state index in [9.17, 15) is 0 Å². The van der Waals surface area contributed by atoms with Crippen LogP contribution in [0.25, 0.3) is 17.0 Å².